The van der Waals surface area contributed by atoms with Gasteiger partial charge in [0.25, 0.3) is 0 Å². The van der Waals surface area contributed by atoms with Crippen molar-refractivity contribution in [2.75, 3.05) is 24.2 Å². The lowest BCUT2D eigenvalue weighted by Gasteiger charge is -2.31. The zero-order chi connectivity index (χ0) is 23.2. The van der Waals surface area contributed by atoms with E-state index in [4.69, 9.17) is 0 Å². The van der Waals surface area contributed by atoms with Crippen LogP contribution in [-0.4, -0.2) is 51.0 Å². The predicted octanol–water partition coefficient (Wildman–Crippen LogP) is 2.32. The summed E-state index contributed by atoms with van der Waals surface area (Å²) in [6.07, 6.45) is 1.80. The van der Waals surface area contributed by atoms with Crippen molar-refractivity contribution in [3.63, 3.8) is 0 Å². The molecule has 0 aliphatic carbocycles. The molecule has 0 bridgehead atoms. The summed E-state index contributed by atoms with van der Waals surface area (Å²) in [5.74, 6) is -1.58. The van der Waals surface area contributed by atoms with Crippen molar-refractivity contribution in [3.8, 4) is 0 Å². The highest BCUT2D eigenvalue weighted by molar-refractivity contribution is 7.92. The Morgan fingerprint density at radius 1 is 1.10 bits per heavy atom. The Bertz CT molecular complexity index is 1030. The minimum atomic E-state index is -3.79. The molecule has 2 aromatic carbocycles. The molecule has 0 spiro atoms. The fourth-order valence-electron chi connectivity index (χ4n) is 3.11. The van der Waals surface area contributed by atoms with Crippen molar-refractivity contribution in [1.29, 1.82) is 0 Å². The number of carbonyl (C=O) groups is 2. The number of hydrogen-bond donors (Lipinski definition) is 1. The van der Waals surface area contributed by atoms with Crippen LogP contribution < -0.4 is 9.62 Å². The number of carbonyl (C=O) groups excluding carboxylic acids is 2. The third-order valence-corrected chi connectivity index (χ3v) is 6.16. The van der Waals surface area contributed by atoms with Crippen molar-refractivity contribution in [1.82, 2.24) is 10.2 Å². The van der Waals surface area contributed by atoms with E-state index in [1.807, 2.05) is 6.92 Å². The lowest BCUT2D eigenvalue weighted by atomic mass is 10.1. The molecule has 0 unspecified atom stereocenters. The van der Waals surface area contributed by atoms with Gasteiger partial charge in [-0.05, 0) is 37.1 Å². The fraction of sp³-hybridized carbons (Fsp3) is 0.364. The van der Waals surface area contributed by atoms with Crippen LogP contribution in [0, 0.1) is 5.82 Å². The summed E-state index contributed by atoms with van der Waals surface area (Å²) in [6, 6.07) is 11.9. The molecular formula is C22H28FN3O4S. The molecule has 31 heavy (non-hydrogen) atoms. The molecule has 168 valence electrons. The quantitative estimate of drug-likeness (QED) is 0.637. The van der Waals surface area contributed by atoms with Gasteiger partial charge in [-0.15, -0.1) is 0 Å². The highest BCUT2D eigenvalue weighted by Gasteiger charge is 2.30. The summed E-state index contributed by atoms with van der Waals surface area (Å²) in [6.45, 7) is 2.80. The van der Waals surface area contributed by atoms with Crippen LogP contribution in [0.2, 0.25) is 0 Å². The van der Waals surface area contributed by atoms with E-state index in [1.165, 1.54) is 37.1 Å². The minimum absolute atomic E-state index is 0.174. The molecule has 1 atom stereocenters. The molecule has 0 aliphatic rings. The molecule has 0 fully saturated rings. The van der Waals surface area contributed by atoms with Crippen LogP contribution in [0.25, 0.3) is 0 Å². The first kappa shape index (κ1) is 24.3. The molecule has 2 aromatic rings. The first-order chi connectivity index (χ1) is 14.6. The molecule has 0 heterocycles. The molecule has 2 rings (SSSR count). The summed E-state index contributed by atoms with van der Waals surface area (Å²) < 4.78 is 40.1. The zero-order valence-corrected chi connectivity index (χ0v) is 18.9. The third-order valence-electron chi connectivity index (χ3n) is 5.02. The smallest absolute Gasteiger partial charge is 0.244 e. The summed E-state index contributed by atoms with van der Waals surface area (Å²) in [7, 11) is -2.35. The third kappa shape index (κ3) is 6.27. The second-order valence-electron chi connectivity index (χ2n) is 7.19. The maximum absolute atomic E-state index is 14.2. The van der Waals surface area contributed by atoms with Crippen molar-refractivity contribution in [2.24, 2.45) is 0 Å². The number of benzene rings is 2. The molecule has 0 saturated heterocycles. The SMILES string of the molecule is CCc1ccc(N(CC(=O)N(Cc2ccccc2F)[C@@H](C)C(=O)NC)S(C)(=O)=O)cc1. The molecule has 0 aromatic heterocycles. The molecule has 0 saturated carbocycles. The number of aryl methyl sites for hydroxylation is 1. The van der Waals surface area contributed by atoms with Gasteiger partial charge in [-0.3, -0.25) is 13.9 Å². The average Bonchev–Trinajstić information content (AvgIpc) is 2.75. The number of likely N-dealkylation sites (N-methyl/N-ethyl adjacent to an activating group) is 1. The lowest BCUT2D eigenvalue weighted by Crippen LogP contribution is -2.50. The van der Waals surface area contributed by atoms with E-state index in [0.717, 1.165) is 22.5 Å². The van der Waals surface area contributed by atoms with E-state index >= 15 is 0 Å². The molecule has 1 N–H and O–H groups in total. The number of rotatable bonds is 9. The van der Waals surface area contributed by atoms with Crippen LogP contribution in [0.4, 0.5) is 10.1 Å². The van der Waals surface area contributed by atoms with Gasteiger partial charge in [0.05, 0.1) is 11.9 Å². The van der Waals surface area contributed by atoms with Gasteiger partial charge in [-0.25, -0.2) is 12.8 Å². The van der Waals surface area contributed by atoms with Crippen LogP contribution in [0.5, 0.6) is 0 Å². The Morgan fingerprint density at radius 3 is 2.23 bits per heavy atom. The first-order valence-electron chi connectivity index (χ1n) is 9.89. The first-order valence-corrected chi connectivity index (χ1v) is 11.7. The van der Waals surface area contributed by atoms with E-state index in [2.05, 4.69) is 5.32 Å². The Kier molecular flexibility index (Phi) is 8.15. The van der Waals surface area contributed by atoms with Crippen molar-refractivity contribution in [2.45, 2.75) is 32.9 Å². The number of amides is 2. The normalized spacial score (nSPS) is 12.2. The molecule has 9 heteroatoms. The van der Waals surface area contributed by atoms with Gasteiger partial charge in [0, 0.05) is 19.2 Å². The molecule has 0 radical (unpaired) electrons. The second-order valence-corrected chi connectivity index (χ2v) is 9.10. The van der Waals surface area contributed by atoms with Crippen molar-refractivity contribution < 1.29 is 22.4 Å². The van der Waals surface area contributed by atoms with Gasteiger partial charge >= 0.3 is 0 Å². The predicted molar refractivity (Wildman–Crippen MR) is 118 cm³/mol. The summed E-state index contributed by atoms with van der Waals surface area (Å²) >= 11 is 0. The topological polar surface area (TPSA) is 86.8 Å². The lowest BCUT2D eigenvalue weighted by molar-refractivity contribution is -0.139. The van der Waals surface area contributed by atoms with Crippen LogP contribution in [0.3, 0.4) is 0 Å². The van der Waals surface area contributed by atoms with Gasteiger partial charge in [0.1, 0.15) is 18.4 Å². The zero-order valence-electron chi connectivity index (χ0n) is 18.1. The Labute approximate surface area is 182 Å². The fourth-order valence-corrected chi connectivity index (χ4v) is 3.96. The van der Waals surface area contributed by atoms with E-state index in [1.54, 1.807) is 30.3 Å². The second kappa shape index (κ2) is 10.4. The largest absolute Gasteiger partial charge is 0.357 e. The van der Waals surface area contributed by atoms with Gasteiger partial charge in [-0.2, -0.15) is 0 Å². The number of nitrogens with one attached hydrogen (secondary N) is 1. The van der Waals surface area contributed by atoms with Gasteiger partial charge in [0.2, 0.25) is 21.8 Å². The van der Waals surface area contributed by atoms with E-state index < -0.39 is 40.2 Å². The van der Waals surface area contributed by atoms with E-state index in [9.17, 15) is 22.4 Å². The maximum Gasteiger partial charge on any atom is 0.244 e. The Balaban J connectivity index is 2.38. The standard InChI is InChI=1S/C22H28FN3O4S/c1-5-17-10-12-19(13-11-17)26(31(4,29)30)15-21(27)25(16(2)22(28)24-3)14-18-8-6-7-9-20(18)23/h6-13,16H,5,14-15H2,1-4H3,(H,24,28)/t16-/m0/s1. The summed E-state index contributed by atoms with van der Waals surface area (Å²) in [5, 5.41) is 2.47. The van der Waals surface area contributed by atoms with Crippen molar-refractivity contribution in [3.05, 3.63) is 65.5 Å². The minimum Gasteiger partial charge on any atom is -0.357 e. The highest BCUT2D eigenvalue weighted by Crippen LogP contribution is 2.20. The maximum atomic E-state index is 14.2. The Morgan fingerprint density at radius 2 is 1.71 bits per heavy atom. The van der Waals surface area contributed by atoms with Crippen LogP contribution in [0.15, 0.2) is 48.5 Å². The van der Waals surface area contributed by atoms with Gasteiger partial charge < -0.3 is 10.2 Å². The average molecular weight is 450 g/mol. The van der Waals surface area contributed by atoms with Crippen molar-refractivity contribution >= 4 is 27.5 Å². The molecule has 7 nitrogen and oxygen atoms in total. The summed E-state index contributed by atoms with van der Waals surface area (Å²) in [4.78, 5) is 26.6. The van der Waals surface area contributed by atoms with Gasteiger partial charge in [0.15, 0.2) is 0 Å². The van der Waals surface area contributed by atoms with Crippen LogP contribution in [-0.2, 0) is 32.6 Å². The summed E-state index contributed by atoms with van der Waals surface area (Å²) in [5.41, 5.74) is 1.59. The molecular weight excluding hydrogens is 421 g/mol. The number of anilines is 1. The Hall–Kier alpha value is -2.94. The number of hydrogen-bond acceptors (Lipinski definition) is 4. The number of nitrogens with zero attached hydrogens (tertiary/aromatic N) is 2. The van der Waals surface area contributed by atoms with Crippen LogP contribution >= 0.6 is 0 Å². The van der Waals surface area contributed by atoms with Gasteiger partial charge in [-0.1, -0.05) is 37.3 Å². The molecule has 2 amide bonds. The van der Waals surface area contributed by atoms with E-state index in [0.29, 0.717) is 5.69 Å². The monoisotopic (exact) mass is 449 g/mol. The highest BCUT2D eigenvalue weighted by atomic mass is 32.2. The van der Waals surface area contributed by atoms with E-state index in [-0.39, 0.29) is 12.1 Å². The van der Waals surface area contributed by atoms with Crippen LogP contribution in [0.1, 0.15) is 25.0 Å². The molecule has 0 aliphatic heterocycles. The number of halogens is 1. The number of sulfonamides is 1.